The molecule has 1 aromatic rings. The van der Waals surface area contributed by atoms with Gasteiger partial charge in [0.15, 0.2) is 0 Å². The van der Waals surface area contributed by atoms with Crippen molar-refractivity contribution in [3.63, 3.8) is 0 Å². The summed E-state index contributed by atoms with van der Waals surface area (Å²) in [5.41, 5.74) is 0.963. The van der Waals surface area contributed by atoms with Gasteiger partial charge in [0, 0.05) is 19.1 Å². The zero-order valence-corrected chi connectivity index (χ0v) is 10.2. The summed E-state index contributed by atoms with van der Waals surface area (Å²) in [6.07, 6.45) is 5.90. The van der Waals surface area contributed by atoms with Crippen molar-refractivity contribution in [2.75, 3.05) is 20.1 Å². The van der Waals surface area contributed by atoms with Crippen LogP contribution in [0.15, 0.2) is 12.4 Å². The van der Waals surface area contributed by atoms with Crippen LogP contribution in [0.3, 0.4) is 0 Å². The molecule has 0 aliphatic carbocycles. The van der Waals surface area contributed by atoms with Crippen molar-refractivity contribution in [3.05, 3.63) is 23.2 Å². The van der Waals surface area contributed by atoms with Gasteiger partial charge < -0.3 is 5.32 Å². The van der Waals surface area contributed by atoms with Crippen LogP contribution in [-0.2, 0) is 6.54 Å². The molecule has 4 nitrogen and oxygen atoms in total. The Labute approximate surface area is 101 Å². The quantitative estimate of drug-likeness (QED) is 0.862. The van der Waals surface area contributed by atoms with Crippen LogP contribution in [0.5, 0.6) is 0 Å². The summed E-state index contributed by atoms with van der Waals surface area (Å²) >= 11 is 5.69. The molecule has 0 radical (unpaired) electrons. The Morgan fingerprint density at radius 3 is 3.00 bits per heavy atom. The topological polar surface area (TPSA) is 41.1 Å². The average molecular weight is 241 g/mol. The summed E-state index contributed by atoms with van der Waals surface area (Å²) in [6.45, 7) is 3.03. The molecule has 1 aliphatic rings. The van der Waals surface area contributed by atoms with Gasteiger partial charge in [-0.1, -0.05) is 11.6 Å². The summed E-state index contributed by atoms with van der Waals surface area (Å²) in [6, 6.07) is 0.630. The summed E-state index contributed by atoms with van der Waals surface area (Å²) < 4.78 is 0. The number of rotatable bonds is 4. The minimum atomic E-state index is 0.448. The van der Waals surface area contributed by atoms with Gasteiger partial charge in [-0.25, -0.2) is 4.98 Å². The summed E-state index contributed by atoms with van der Waals surface area (Å²) in [5.74, 6) is 0. The van der Waals surface area contributed by atoms with E-state index in [4.69, 9.17) is 11.6 Å². The van der Waals surface area contributed by atoms with Crippen molar-refractivity contribution >= 4 is 11.6 Å². The predicted molar refractivity (Wildman–Crippen MR) is 64.4 cm³/mol. The largest absolute Gasteiger partial charge is 0.313 e. The van der Waals surface area contributed by atoms with Gasteiger partial charge in [-0.15, -0.1) is 0 Å². The highest BCUT2D eigenvalue weighted by molar-refractivity contribution is 6.29. The van der Waals surface area contributed by atoms with Crippen LogP contribution in [0, 0.1) is 0 Å². The van der Waals surface area contributed by atoms with Crippen LogP contribution in [0.2, 0.25) is 5.15 Å². The molecule has 1 N–H and O–H groups in total. The Bertz CT molecular complexity index is 321. The van der Waals surface area contributed by atoms with E-state index in [0.29, 0.717) is 11.2 Å². The van der Waals surface area contributed by atoms with E-state index < -0.39 is 0 Å². The van der Waals surface area contributed by atoms with Gasteiger partial charge in [-0.3, -0.25) is 9.88 Å². The van der Waals surface area contributed by atoms with Gasteiger partial charge >= 0.3 is 0 Å². The molecule has 16 heavy (non-hydrogen) atoms. The average Bonchev–Trinajstić information content (AvgIpc) is 2.74. The highest BCUT2D eigenvalue weighted by Crippen LogP contribution is 2.08. The molecular weight excluding hydrogens is 224 g/mol. The fourth-order valence-electron chi connectivity index (χ4n) is 2.05. The molecule has 1 unspecified atom stereocenters. The van der Waals surface area contributed by atoms with Crippen molar-refractivity contribution in [1.29, 1.82) is 0 Å². The molecule has 2 heterocycles. The first-order valence-corrected chi connectivity index (χ1v) is 6.00. The number of hydrogen-bond donors (Lipinski definition) is 1. The van der Waals surface area contributed by atoms with Crippen LogP contribution in [0.1, 0.15) is 18.5 Å². The molecule has 0 bridgehead atoms. The van der Waals surface area contributed by atoms with Crippen molar-refractivity contribution in [1.82, 2.24) is 20.2 Å². The van der Waals surface area contributed by atoms with Crippen LogP contribution in [-0.4, -0.2) is 41.0 Å². The molecule has 1 saturated heterocycles. The van der Waals surface area contributed by atoms with Gasteiger partial charge in [0.25, 0.3) is 0 Å². The molecule has 0 amide bonds. The maximum Gasteiger partial charge on any atom is 0.147 e. The van der Waals surface area contributed by atoms with Gasteiger partial charge in [0.05, 0.1) is 18.1 Å². The molecule has 1 aliphatic heterocycles. The van der Waals surface area contributed by atoms with Crippen LogP contribution >= 0.6 is 11.6 Å². The lowest BCUT2D eigenvalue weighted by atomic mass is 10.2. The van der Waals surface area contributed by atoms with Gasteiger partial charge in [0.1, 0.15) is 5.15 Å². The van der Waals surface area contributed by atoms with Crippen molar-refractivity contribution < 1.29 is 0 Å². The summed E-state index contributed by atoms with van der Waals surface area (Å²) in [5, 5.41) is 3.93. The van der Waals surface area contributed by atoms with E-state index in [0.717, 1.165) is 25.3 Å². The van der Waals surface area contributed by atoms with Crippen molar-refractivity contribution in [2.24, 2.45) is 0 Å². The van der Waals surface area contributed by atoms with Crippen molar-refractivity contribution in [3.8, 4) is 0 Å². The SMILES string of the molecule is CN(Cc1cnc(Cl)cn1)CC1CCCN1. The molecule has 1 aromatic heterocycles. The lowest BCUT2D eigenvalue weighted by Gasteiger charge is -2.20. The Balaban J connectivity index is 1.81. The normalized spacial score (nSPS) is 20.6. The third-order valence-corrected chi connectivity index (χ3v) is 3.00. The first kappa shape index (κ1) is 11.8. The molecule has 0 aromatic carbocycles. The number of aromatic nitrogens is 2. The predicted octanol–water partition coefficient (Wildman–Crippen LogP) is 1.31. The second kappa shape index (κ2) is 5.57. The molecule has 0 spiro atoms. The first-order valence-electron chi connectivity index (χ1n) is 5.62. The molecule has 0 saturated carbocycles. The number of halogens is 1. The molecule has 1 fully saturated rings. The molecule has 5 heteroatoms. The number of hydrogen-bond acceptors (Lipinski definition) is 4. The smallest absolute Gasteiger partial charge is 0.147 e. The maximum absolute atomic E-state index is 5.69. The Morgan fingerprint density at radius 2 is 2.38 bits per heavy atom. The molecular formula is C11H17ClN4. The fraction of sp³-hybridized carbons (Fsp3) is 0.636. The second-order valence-electron chi connectivity index (χ2n) is 4.32. The van der Waals surface area contributed by atoms with E-state index in [1.807, 2.05) is 0 Å². The standard InChI is InChI=1S/C11H17ClN4/c1-16(7-9-3-2-4-13-9)8-10-5-15-11(12)6-14-10/h5-6,9,13H,2-4,7-8H2,1H3. The van der Waals surface area contributed by atoms with E-state index in [2.05, 4.69) is 27.2 Å². The fourth-order valence-corrected chi connectivity index (χ4v) is 2.15. The third-order valence-electron chi connectivity index (χ3n) is 2.80. The van der Waals surface area contributed by atoms with Gasteiger partial charge in [-0.2, -0.15) is 0 Å². The monoisotopic (exact) mass is 240 g/mol. The lowest BCUT2D eigenvalue weighted by molar-refractivity contribution is 0.290. The van der Waals surface area contributed by atoms with E-state index in [9.17, 15) is 0 Å². The minimum Gasteiger partial charge on any atom is -0.313 e. The molecule has 88 valence electrons. The van der Waals surface area contributed by atoms with Crippen LogP contribution < -0.4 is 5.32 Å². The molecule has 1 atom stereocenters. The summed E-state index contributed by atoms with van der Waals surface area (Å²) in [4.78, 5) is 10.5. The number of likely N-dealkylation sites (N-methyl/N-ethyl adjacent to an activating group) is 1. The zero-order valence-electron chi connectivity index (χ0n) is 9.49. The second-order valence-corrected chi connectivity index (χ2v) is 4.71. The third kappa shape index (κ3) is 3.40. The van der Waals surface area contributed by atoms with Gasteiger partial charge in [-0.05, 0) is 26.4 Å². The van der Waals surface area contributed by atoms with Crippen LogP contribution in [0.4, 0.5) is 0 Å². The highest BCUT2D eigenvalue weighted by Gasteiger charge is 2.15. The highest BCUT2D eigenvalue weighted by atomic mass is 35.5. The van der Waals surface area contributed by atoms with E-state index in [1.165, 1.54) is 12.8 Å². The van der Waals surface area contributed by atoms with Crippen molar-refractivity contribution in [2.45, 2.75) is 25.4 Å². The molecule has 2 rings (SSSR count). The number of nitrogens with zero attached hydrogens (tertiary/aromatic N) is 3. The Morgan fingerprint density at radius 1 is 1.50 bits per heavy atom. The van der Waals surface area contributed by atoms with Crippen LogP contribution in [0.25, 0.3) is 0 Å². The van der Waals surface area contributed by atoms with E-state index in [1.54, 1.807) is 12.4 Å². The van der Waals surface area contributed by atoms with Gasteiger partial charge in [0.2, 0.25) is 0 Å². The minimum absolute atomic E-state index is 0.448. The van der Waals surface area contributed by atoms with E-state index >= 15 is 0 Å². The lowest BCUT2D eigenvalue weighted by Crippen LogP contribution is -2.35. The van der Waals surface area contributed by atoms with E-state index in [-0.39, 0.29) is 0 Å². The zero-order chi connectivity index (χ0) is 11.4. The Hall–Kier alpha value is -0.710. The maximum atomic E-state index is 5.69. The first-order chi connectivity index (χ1) is 7.74. The number of nitrogens with one attached hydrogen (secondary N) is 1. The Kier molecular flexibility index (Phi) is 4.09. The summed E-state index contributed by atoms with van der Waals surface area (Å²) in [7, 11) is 2.11.